The number of hydrogen-bond acceptors (Lipinski definition) is 6. The summed E-state index contributed by atoms with van der Waals surface area (Å²) < 4.78 is 12.0. The summed E-state index contributed by atoms with van der Waals surface area (Å²) in [6.45, 7) is 5.92. The lowest BCUT2D eigenvalue weighted by Crippen LogP contribution is -2.38. The summed E-state index contributed by atoms with van der Waals surface area (Å²) in [6, 6.07) is 13.3. The van der Waals surface area contributed by atoms with Gasteiger partial charge in [-0.3, -0.25) is 14.3 Å². The van der Waals surface area contributed by atoms with Crippen molar-refractivity contribution in [1.82, 2.24) is 14.5 Å². The largest absolute Gasteiger partial charge is 0.465 e. The molecule has 0 N–H and O–H groups in total. The first-order valence-corrected chi connectivity index (χ1v) is 10.9. The maximum absolute atomic E-state index is 13.7. The average Bonchev–Trinajstić information content (AvgIpc) is 3.27. The van der Waals surface area contributed by atoms with E-state index in [4.69, 9.17) is 14.5 Å². The molecule has 0 saturated carbocycles. The van der Waals surface area contributed by atoms with E-state index in [1.165, 1.54) is 11.7 Å². The Morgan fingerprint density at radius 3 is 2.48 bits per heavy atom. The lowest BCUT2D eigenvalue weighted by molar-refractivity contribution is 0.0216. The van der Waals surface area contributed by atoms with Crippen LogP contribution < -0.4 is 5.56 Å². The number of nitrogens with zero attached hydrogens (tertiary/aromatic N) is 3. The van der Waals surface area contributed by atoms with E-state index < -0.39 is 23.7 Å². The van der Waals surface area contributed by atoms with Crippen LogP contribution in [0.5, 0.6) is 0 Å². The number of methoxy groups -OCH3 is 1. The number of hydrogen-bond donors (Lipinski definition) is 0. The molecule has 172 valence electrons. The number of rotatable bonds is 3. The standard InChI is InChI=1S/C25H27N3O5/c1-25(2,3)33-24(31)27-15-9-14-20(27)21-26-18-12-7-5-10-16(18)22(29)28(21)19-13-8-6-11-17(19)23(30)32-4/h5-8,10-13,20H,9,14-15H2,1-4H3/t20-/m0/s1. The molecule has 0 unspecified atom stereocenters. The molecular weight excluding hydrogens is 422 g/mol. The molecule has 0 spiro atoms. The number of ether oxygens (including phenoxy) is 2. The van der Waals surface area contributed by atoms with Gasteiger partial charge in [0.25, 0.3) is 5.56 Å². The fourth-order valence-electron chi connectivity index (χ4n) is 4.13. The van der Waals surface area contributed by atoms with Gasteiger partial charge in [-0.1, -0.05) is 24.3 Å². The third kappa shape index (κ3) is 4.33. The van der Waals surface area contributed by atoms with Crippen molar-refractivity contribution in [3.8, 4) is 5.69 Å². The Bertz CT molecular complexity index is 1280. The average molecular weight is 450 g/mol. The summed E-state index contributed by atoms with van der Waals surface area (Å²) in [5, 5.41) is 0.419. The van der Waals surface area contributed by atoms with E-state index >= 15 is 0 Å². The fourth-order valence-corrected chi connectivity index (χ4v) is 4.13. The van der Waals surface area contributed by atoms with Gasteiger partial charge in [0.1, 0.15) is 11.4 Å². The number of carbonyl (C=O) groups is 2. The Balaban J connectivity index is 1.95. The highest BCUT2D eigenvalue weighted by atomic mass is 16.6. The van der Waals surface area contributed by atoms with Crippen molar-refractivity contribution in [2.24, 2.45) is 0 Å². The molecule has 0 bridgehead atoms. The first-order valence-electron chi connectivity index (χ1n) is 10.9. The summed E-state index contributed by atoms with van der Waals surface area (Å²) in [7, 11) is 1.29. The Morgan fingerprint density at radius 2 is 1.76 bits per heavy atom. The molecule has 1 aliphatic rings. The highest BCUT2D eigenvalue weighted by molar-refractivity contribution is 5.93. The zero-order chi connectivity index (χ0) is 23.8. The van der Waals surface area contributed by atoms with Crippen molar-refractivity contribution in [2.45, 2.75) is 45.3 Å². The van der Waals surface area contributed by atoms with E-state index in [-0.39, 0.29) is 11.1 Å². The number of esters is 1. The second kappa shape index (κ2) is 8.69. The molecule has 1 aliphatic heterocycles. The molecule has 8 nitrogen and oxygen atoms in total. The molecule has 1 fully saturated rings. The molecule has 3 aromatic rings. The Morgan fingerprint density at radius 1 is 1.06 bits per heavy atom. The zero-order valence-electron chi connectivity index (χ0n) is 19.2. The number of carbonyl (C=O) groups excluding carboxylic acids is 2. The van der Waals surface area contributed by atoms with Crippen LogP contribution in [0.1, 0.15) is 55.8 Å². The molecule has 1 amide bonds. The van der Waals surface area contributed by atoms with Gasteiger partial charge < -0.3 is 9.47 Å². The normalized spacial score (nSPS) is 16.1. The smallest absolute Gasteiger partial charge is 0.410 e. The molecule has 2 aromatic carbocycles. The zero-order valence-corrected chi connectivity index (χ0v) is 19.2. The van der Waals surface area contributed by atoms with Crippen molar-refractivity contribution >= 4 is 23.0 Å². The Labute approximate surface area is 191 Å². The summed E-state index contributed by atoms with van der Waals surface area (Å²) >= 11 is 0. The first kappa shape index (κ1) is 22.5. The van der Waals surface area contributed by atoms with Crippen molar-refractivity contribution in [3.05, 3.63) is 70.3 Å². The van der Waals surface area contributed by atoms with Gasteiger partial charge in [-0.2, -0.15) is 0 Å². The maximum atomic E-state index is 13.7. The molecule has 2 heterocycles. The van der Waals surface area contributed by atoms with Crippen LogP contribution in [0, 0.1) is 0 Å². The number of likely N-dealkylation sites (tertiary alicyclic amines) is 1. The van der Waals surface area contributed by atoms with Crippen molar-refractivity contribution < 1.29 is 19.1 Å². The second-order valence-corrected chi connectivity index (χ2v) is 8.97. The SMILES string of the molecule is COC(=O)c1ccccc1-n1c([C@@H]2CCCN2C(=O)OC(C)(C)C)nc2ccccc2c1=O. The van der Waals surface area contributed by atoms with Gasteiger partial charge in [-0.15, -0.1) is 0 Å². The lowest BCUT2D eigenvalue weighted by atomic mass is 10.1. The third-order valence-corrected chi connectivity index (χ3v) is 5.53. The molecule has 0 aliphatic carbocycles. The van der Waals surface area contributed by atoms with Gasteiger partial charge in [0.15, 0.2) is 0 Å². The third-order valence-electron chi connectivity index (χ3n) is 5.53. The summed E-state index contributed by atoms with van der Waals surface area (Å²) in [4.78, 5) is 45.6. The van der Waals surface area contributed by atoms with Crippen LogP contribution >= 0.6 is 0 Å². The van der Waals surface area contributed by atoms with Crippen molar-refractivity contribution in [3.63, 3.8) is 0 Å². The van der Waals surface area contributed by atoms with Crippen LogP contribution in [-0.4, -0.2) is 45.8 Å². The Hall–Kier alpha value is -3.68. The predicted molar refractivity (Wildman–Crippen MR) is 124 cm³/mol. The summed E-state index contributed by atoms with van der Waals surface area (Å²) in [5.74, 6) is -0.176. The van der Waals surface area contributed by atoms with Crippen LogP contribution in [0.3, 0.4) is 0 Å². The van der Waals surface area contributed by atoms with E-state index in [2.05, 4.69) is 0 Å². The second-order valence-electron chi connectivity index (χ2n) is 8.97. The minimum absolute atomic E-state index is 0.238. The molecular formula is C25H27N3O5. The molecule has 8 heteroatoms. The molecule has 4 rings (SSSR count). The maximum Gasteiger partial charge on any atom is 0.410 e. The minimum Gasteiger partial charge on any atom is -0.465 e. The van der Waals surface area contributed by atoms with E-state index in [0.717, 1.165) is 6.42 Å². The van der Waals surface area contributed by atoms with Crippen molar-refractivity contribution in [1.29, 1.82) is 0 Å². The molecule has 1 aromatic heterocycles. The van der Waals surface area contributed by atoms with Gasteiger partial charge in [-0.25, -0.2) is 14.6 Å². The van der Waals surface area contributed by atoms with E-state index in [1.54, 1.807) is 47.4 Å². The topological polar surface area (TPSA) is 90.7 Å². The van der Waals surface area contributed by atoms with Gasteiger partial charge in [0, 0.05) is 6.54 Å². The number of benzene rings is 2. The highest BCUT2D eigenvalue weighted by Gasteiger charge is 2.36. The quantitative estimate of drug-likeness (QED) is 0.556. The predicted octanol–water partition coefficient (Wildman–Crippen LogP) is 4.24. The lowest BCUT2D eigenvalue weighted by Gasteiger charge is -2.29. The van der Waals surface area contributed by atoms with Crippen LogP contribution in [0.4, 0.5) is 4.79 Å². The number of fused-ring (bicyclic) bond motifs is 1. The molecule has 33 heavy (non-hydrogen) atoms. The van der Waals surface area contributed by atoms with Crippen LogP contribution in [0.25, 0.3) is 16.6 Å². The molecule has 0 radical (unpaired) electrons. The Kier molecular flexibility index (Phi) is 5.93. The summed E-state index contributed by atoms with van der Waals surface area (Å²) in [5.41, 5.74) is 0.155. The van der Waals surface area contributed by atoms with Crippen LogP contribution in [-0.2, 0) is 9.47 Å². The van der Waals surface area contributed by atoms with Gasteiger partial charge >= 0.3 is 12.1 Å². The van der Waals surface area contributed by atoms with Gasteiger partial charge in [-0.05, 0) is 57.9 Å². The van der Waals surface area contributed by atoms with Gasteiger partial charge in [0.05, 0.1) is 35.3 Å². The van der Waals surface area contributed by atoms with E-state index in [9.17, 15) is 14.4 Å². The number of amides is 1. The van der Waals surface area contributed by atoms with Gasteiger partial charge in [0.2, 0.25) is 0 Å². The highest BCUT2D eigenvalue weighted by Crippen LogP contribution is 2.34. The minimum atomic E-state index is -0.655. The fraction of sp³-hybridized carbons (Fsp3) is 0.360. The molecule has 1 saturated heterocycles. The summed E-state index contributed by atoms with van der Waals surface area (Å²) in [6.07, 6.45) is 0.899. The molecule has 1 atom stereocenters. The first-order chi connectivity index (χ1) is 15.7. The number of para-hydroxylation sites is 2. The van der Waals surface area contributed by atoms with E-state index in [0.29, 0.717) is 35.4 Å². The monoisotopic (exact) mass is 449 g/mol. The number of aromatic nitrogens is 2. The van der Waals surface area contributed by atoms with Crippen molar-refractivity contribution in [2.75, 3.05) is 13.7 Å². The van der Waals surface area contributed by atoms with E-state index in [1.807, 2.05) is 26.8 Å². The van der Waals surface area contributed by atoms with Crippen LogP contribution in [0.15, 0.2) is 53.3 Å². The van der Waals surface area contributed by atoms with Crippen LogP contribution in [0.2, 0.25) is 0 Å².